The third-order valence-corrected chi connectivity index (χ3v) is 3.36. The number of ether oxygens (including phenoxy) is 1. The first-order valence-electron chi connectivity index (χ1n) is 6.27. The number of methoxy groups -OCH3 is 1. The number of benzene rings is 1. The fraction of sp³-hybridized carbons (Fsp3) is 0.357. The summed E-state index contributed by atoms with van der Waals surface area (Å²) >= 11 is 0. The summed E-state index contributed by atoms with van der Waals surface area (Å²) in [5.41, 5.74) is 2.12. The lowest BCUT2D eigenvalue weighted by Gasteiger charge is -2.15. The first kappa shape index (κ1) is 11.3. The van der Waals surface area contributed by atoms with Crippen LogP contribution in [0.5, 0.6) is 5.75 Å². The van der Waals surface area contributed by atoms with E-state index in [1.165, 1.54) is 0 Å². The number of nitrogens with one attached hydrogen (secondary N) is 2. The first-order valence-corrected chi connectivity index (χ1v) is 6.27. The van der Waals surface area contributed by atoms with E-state index in [9.17, 15) is 0 Å². The van der Waals surface area contributed by atoms with Crippen LogP contribution < -0.4 is 15.4 Å². The minimum atomic E-state index is 0.502. The van der Waals surface area contributed by atoms with Crippen LogP contribution in [0.25, 0.3) is 10.9 Å². The van der Waals surface area contributed by atoms with Gasteiger partial charge in [0.2, 0.25) is 0 Å². The monoisotopic (exact) mass is 243 g/mol. The van der Waals surface area contributed by atoms with E-state index in [-0.39, 0.29) is 0 Å². The number of pyridine rings is 1. The largest absolute Gasteiger partial charge is 0.495 e. The van der Waals surface area contributed by atoms with Crippen molar-refractivity contribution in [1.82, 2.24) is 10.3 Å². The standard InChI is InChI=1S/C14H17N3O/c1-18-11-7-12-13(16-9-11)3-2-4-14(12)17-10-5-6-15-8-10/h2-4,7,9-10,15,17H,5-6,8H2,1H3/t10-/m0/s1. The lowest BCUT2D eigenvalue weighted by Crippen LogP contribution is -2.22. The second kappa shape index (κ2) is 4.82. The van der Waals surface area contributed by atoms with Gasteiger partial charge in [0.1, 0.15) is 5.75 Å². The van der Waals surface area contributed by atoms with Gasteiger partial charge >= 0.3 is 0 Å². The molecule has 4 nitrogen and oxygen atoms in total. The molecule has 0 spiro atoms. The van der Waals surface area contributed by atoms with E-state index in [1.807, 2.05) is 18.2 Å². The second-order valence-electron chi connectivity index (χ2n) is 4.58. The smallest absolute Gasteiger partial charge is 0.137 e. The number of fused-ring (bicyclic) bond motifs is 1. The topological polar surface area (TPSA) is 46.2 Å². The SMILES string of the molecule is COc1cnc2cccc(N[C@H]3CCNC3)c2c1. The van der Waals surface area contributed by atoms with Crippen molar-refractivity contribution in [2.24, 2.45) is 0 Å². The molecule has 3 rings (SSSR count). The van der Waals surface area contributed by atoms with Crippen LogP contribution in [0.1, 0.15) is 6.42 Å². The minimum absolute atomic E-state index is 0.502. The zero-order valence-corrected chi connectivity index (χ0v) is 10.4. The highest BCUT2D eigenvalue weighted by Crippen LogP contribution is 2.26. The molecule has 0 saturated carbocycles. The van der Waals surface area contributed by atoms with Gasteiger partial charge in [0.25, 0.3) is 0 Å². The lowest BCUT2D eigenvalue weighted by atomic mass is 10.1. The predicted molar refractivity (Wildman–Crippen MR) is 73.2 cm³/mol. The van der Waals surface area contributed by atoms with Crippen LogP contribution in [-0.2, 0) is 0 Å². The summed E-state index contributed by atoms with van der Waals surface area (Å²) in [4.78, 5) is 4.41. The number of anilines is 1. The molecule has 0 aliphatic carbocycles. The molecule has 1 aromatic heterocycles. The fourth-order valence-corrected chi connectivity index (χ4v) is 2.37. The van der Waals surface area contributed by atoms with E-state index >= 15 is 0 Å². The van der Waals surface area contributed by atoms with Gasteiger partial charge in [-0.2, -0.15) is 0 Å². The van der Waals surface area contributed by atoms with E-state index in [4.69, 9.17) is 4.74 Å². The van der Waals surface area contributed by atoms with Crippen molar-refractivity contribution in [3.05, 3.63) is 30.5 Å². The highest BCUT2D eigenvalue weighted by molar-refractivity contribution is 5.92. The van der Waals surface area contributed by atoms with Crippen molar-refractivity contribution in [3.63, 3.8) is 0 Å². The summed E-state index contributed by atoms with van der Waals surface area (Å²) in [7, 11) is 1.67. The summed E-state index contributed by atoms with van der Waals surface area (Å²) in [6.07, 6.45) is 2.91. The van der Waals surface area contributed by atoms with Gasteiger partial charge in [-0.25, -0.2) is 0 Å². The zero-order chi connectivity index (χ0) is 12.4. The van der Waals surface area contributed by atoms with Crippen LogP contribution in [0, 0.1) is 0 Å². The fourth-order valence-electron chi connectivity index (χ4n) is 2.37. The van der Waals surface area contributed by atoms with Crippen molar-refractivity contribution < 1.29 is 4.74 Å². The van der Waals surface area contributed by atoms with Gasteiger partial charge < -0.3 is 15.4 Å². The summed E-state index contributed by atoms with van der Waals surface area (Å²) in [5, 5.41) is 8.05. The minimum Gasteiger partial charge on any atom is -0.495 e. The maximum atomic E-state index is 5.24. The average molecular weight is 243 g/mol. The van der Waals surface area contributed by atoms with Gasteiger partial charge in [-0.15, -0.1) is 0 Å². The molecule has 94 valence electrons. The van der Waals surface area contributed by atoms with Gasteiger partial charge in [-0.1, -0.05) is 6.07 Å². The normalized spacial score (nSPS) is 19.1. The number of rotatable bonds is 3. The molecule has 1 aromatic carbocycles. The molecule has 18 heavy (non-hydrogen) atoms. The molecule has 1 aliphatic heterocycles. The molecule has 0 radical (unpaired) electrons. The third kappa shape index (κ3) is 2.11. The molecule has 0 bridgehead atoms. The molecule has 0 amide bonds. The Kier molecular flexibility index (Phi) is 3.02. The van der Waals surface area contributed by atoms with Crippen molar-refractivity contribution in [2.75, 3.05) is 25.5 Å². The molecule has 2 N–H and O–H groups in total. The Labute approximate surface area is 106 Å². The van der Waals surface area contributed by atoms with Gasteiger partial charge in [0, 0.05) is 23.7 Å². The van der Waals surface area contributed by atoms with E-state index in [1.54, 1.807) is 13.3 Å². The van der Waals surface area contributed by atoms with Crippen molar-refractivity contribution in [2.45, 2.75) is 12.5 Å². The summed E-state index contributed by atoms with van der Waals surface area (Å²) < 4.78 is 5.24. The molecule has 0 unspecified atom stereocenters. The van der Waals surface area contributed by atoms with E-state index in [2.05, 4.69) is 21.7 Å². The predicted octanol–water partition coefficient (Wildman–Crippen LogP) is 2.02. The van der Waals surface area contributed by atoms with Gasteiger partial charge in [0.05, 0.1) is 18.8 Å². The van der Waals surface area contributed by atoms with Crippen molar-refractivity contribution in [3.8, 4) is 5.75 Å². The molecule has 4 heteroatoms. The summed E-state index contributed by atoms with van der Waals surface area (Å²) in [5.74, 6) is 0.793. The number of hydrogen-bond acceptors (Lipinski definition) is 4. The van der Waals surface area contributed by atoms with Crippen LogP contribution in [0.2, 0.25) is 0 Å². The molecule has 1 saturated heterocycles. The third-order valence-electron chi connectivity index (χ3n) is 3.36. The summed E-state index contributed by atoms with van der Waals surface area (Å²) in [6.45, 7) is 2.11. The van der Waals surface area contributed by atoms with Crippen LogP contribution in [0.4, 0.5) is 5.69 Å². The van der Waals surface area contributed by atoms with Crippen molar-refractivity contribution >= 4 is 16.6 Å². The van der Waals surface area contributed by atoms with Crippen LogP contribution >= 0.6 is 0 Å². The molecule has 1 fully saturated rings. The van der Waals surface area contributed by atoms with Gasteiger partial charge in [-0.3, -0.25) is 4.98 Å². The number of aromatic nitrogens is 1. The first-order chi connectivity index (χ1) is 8.86. The van der Waals surface area contributed by atoms with Crippen LogP contribution in [-0.4, -0.2) is 31.2 Å². The maximum Gasteiger partial charge on any atom is 0.137 e. The van der Waals surface area contributed by atoms with Crippen LogP contribution in [0.3, 0.4) is 0 Å². The van der Waals surface area contributed by atoms with Crippen LogP contribution in [0.15, 0.2) is 30.5 Å². The van der Waals surface area contributed by atoms with E-state index in [0.29, 0.717) is 6.04 Å². The summed E-state index contributed by atoms with van der Waals surface area (Å²) in [6, 6.07) is 8.69. The maximum absolute atomic E-state index is 5.24. The molecular formula is C14H17N3O. The molecule has 2 heterocycles. The van der Waals surface area contributed by atoms with Gasteiger partial charge in [0.15, 0.2) is 0 Å². The average Bonchev–Trinajstić information content (AvgIpc) is 2.91. The Morgan fingerprint density at radius 1 is 1.44 bits per heavy atom. The molecule has 1 atom stereocenters. The molecular weight excluding hydrogens is 226 g/mol. The van der Waals surface area contributed by atoms with Gasteiger partial charge in [-0.05, 0) is 31.2 Å². The number of hydrogen-bond donors (Lipinski definition) is 2. The highest BCUT2D eigenvalue weighted by atomic mass is 16.5. The zero-order valence-electron chi connectivity index (χ0n) is 10.4. The Hall–Kier alpha value is -1.81. The number of nitrogens with zero attached hydrogens (tertiary/aromatic N) is 1. The van der Waals surface area contributed by atoms with E-state index < -0.39 is 0 Å². The Morgan fingerprint density at radius 2 is 2.39 bits per heavy atom. The lowest BCUT2D eigenvalue weighted by molar-refractivity contribution is 0.414. The quantitative estimate of drug-likeness (QED) is 0.865. The Balaban J connectivity index is 1.98. The highest BCUT2D eigenvalue weighted by Gasteiger charge is 2.15. The van der Waals surface area contributed by atoms with Crippen molar-refractivity contribution in [1.29, 1.82) is 0 Å². The Morgan fingerprint density at radius 3 is 3.17 bits per heavy atom. The molecule has 2 aromatic rings. The molecule has 1 aliphatic rings. The second-order valence-corrected chi connectivity index (χ2v) is 4.58. The van der Waals surface area contributed by atoms with E-state index in [0.717, 1.165) is 41.9 Å². The Bertz CT molecular complexity index is 550.